The lowest BCUT2D eigenvalue weighted by Crippen LogP contribution is -2.30. The van der Waals surface area contributed by atoms with Crippen molar-refractivity contribution in [3.05, 3.63) is 70.2 Å². The Bertz CT molecular complexity index is 804. The summed E-state index contributed by atoms with van der Waals surface area (Å²) >= 11 is 5.84. The Morgan fingerprint density at radius 1 is 1.00 bits per heavy atom. The van der Waals surface area contributed by atoms with Crippen LogP contribution in [0.15, 0.2) is 48.5 Å². The average molecular weight is 390 g/mol. The van der Waals surface area contributed by atoms with Crippen molar-refractivity contribution in [2.75, 3.05) is 26.9 Å². The maximum atomic E-state index is 12.7. The van der Waals surface area contributed by atoms with Gasteiger partial charge in [0.05, 0.1) is 5.56 Å². The van der Waals surface area contributed by atoms with Crippen LogP contribution in [0, 0.1) is 0 Å². The number of hydrogen-bond acceptors (Lipinski definition) is 5. The molecule has 1 N–H and O–H groups in total. The van der Waals surface area contributed by atoms with Crippen LogP contribution in [0.5, 0.6) is 0 Å². The fourth-order valence-electron chi connectivity index (χ4n) is 2.32. The van der Waals surface area contributed by atoms with Crippen molar-refractivity contribution >= 4 is 29.3 Å². The van der Waals surface area contributed by atoms with Crippen molar-refractivity contribution in [2.24, 2.45) is 0 Å². The van der Waals surface area contributed by atoms with Gasteiger partial charge in [0, 0.05) is 36.4 Å². The van der Waals surface area contributed by atoms with Crippen LogP contribution in [0.1, 0.15) is 32.7 Å². The maximum Gasteiger partial charge on any atom is 0.339 e. The number of esters is 1. The molecule has 27 heavy (non-hydrogen) atoms. The Balaban J connectivity index is 2.02. The molecule has 0 saturated carbocycles. The van der Waals surface area contributed by atoms with Crippen LogP contribution >= 0.6 is 11.6 Å². The van der Waals surface area contributed by atoms with Crippen molar-refractivity contribution in [2.45, 2.75) is 6.42 Å². The van der Waals surface area contributed by atoms with E-state index in [4.69, 9.17) is 21.1 Å². The molecule has 0 bridgehead atoms. The number of rotatable bonds is 9. The quantitative estimate of drug-likeness (QED) is 0.405. The highest BCUT2D eigenvalue weighted by atomic mass is 35.5. The van der Waals surface area contributed by atoms with Crippen LogP contribution in [-0.4, -0.2) is 44.5 Å². The van der Waals surface area contributed by atoms with Crippen molar-refractivity contribution in [3.63, 3.8) is 0 Å². The number of methoxy groups -OCH3 is 1. The molecule has 2 aromatic rings. The van der Waals surface area contributed by atoms with E-state index in [1.54, 1.807) is 49.6 Å². The SMILES string of the molecule is COCCCNC(=O)COC(=O)c1ccccc1C(=O)c1ccc(Cl)cc1. The van der Waals surface area contributed by atoms with Crippen molar-refractivity contribution in [1.82, 2.24) is 5.32 Å². The van der Waals surface area contributed by atoms with Crippen LogP contribution in [-0.2, 0) is 14.3 Å². The van der Waals surface area contributed by atoms with E-state index in [0.717, 1.165) is 0 Å². The second-order valence-electron chi connectivity index (χ2n) is 5.65. The molecule has 1 amide bonds. The zero-order valence-corrected chi connectivity index (χ0v) is 15.6. The number of halogens is 1. The summed E-state index contributed by atoms with van der Waals surface area (Å²) in [7, 11) is 1.58. The molecule has 0 saturated heterocycles. The first-order chi connectivity index (χ1) is 13.0. The Labute approximate surface area is 162 Å². The minimum atomic E-state index is -0.736. The number of benzene rings is 2. The highest BCUT2D eigenvalue weighted by Crippen LogP contribution is 2.17. The van der Waals surface area contributed by atoms with Crippen LogP contribution in [0.2, 0.25) is 5.02 Å². The smallest absolute Gasteiger partial charge is 0.339 e. The van der Waals surface area contributed by atoms with E-state index >= 15 is 0 Å². The highest BCUT2D eigenvalue weighted by Gasteiger charge is 2.19. The number of amides is 1. The third-order valence-corrected chi connectivity index (χ3v) is 3.93. The van der Waals surface area contributed by atoms with E-state index in [2.05, 4.69) is 5.32 Å². The zero-order valence-electron chi connectivity index (χ0n) is 14.9. The number of hydrogen-bond donors (Lipinski definition) is 1. The van der Waals surface area contributed by atoms with Gasteiger partial charge in [-0.2, -0.15) is 0 Å². The second kappa shape index (κ2) is 10.4. The molecule has 6 nitrogen and oxygen atoms in total. The normalized spacial score (nSPS) is 10.3. The first-order valence-corrected chi connectivity index (χ1v) is 8.72. The topological polar surface area (TPSA) is 81.7 Å². The van der Waals surface area contributed by atoms with Gasteiger partial charge >= 0.3 is 5.97 Å². The van der Waals surface area contributed by atoms with E-state index < -0.39 is 18.5 Å². The van der Waals surface area contributed by atoms with Gasteiger partial charge in [0.2, 0.25) is 0 Å². The van der Waals surface area contributed by atoms with Gasteiger partial charge < -0.3 is 14.8 Å². The van der Waals surface area contributed by atoms with Crippen molar-refractivity contribution in [1.29, 1.82) is 0 Å². The molecule has 0 fully saturated rings. The van der Waals surface area contributed by atoms with Gasteiger partial charge in [-0.05, 0) is 36.8 Å². The molecule has 2 aromatic carbocycles. The summed E-state index contributed by atoms with van der Waals surface area (Å²) in [6.07, 6.45) is 0.661. The average Bonchev–Trinajstić information content (AvgIpc) is 2.69. The minimum Gasteiger partial charge on any atom is -0.452 e. The summed E-state index contributed by atoms with van der Waals surface area (Å²) in [6, 6.07) is 12.7. The molecule has 2 rings (SSSR count). The maximum absolute atomic E-state index is 12.7. The predicted molar refractivity (Wildman–Crippen MR) is 101 cm³/mol. The largest absolute Gasteiger partial charge is 0.452 e. The Hall–Kier alpha value is -2.70. The van der Waals surface area contributed by atoms with Crippen LogP contribution in [0.25, 0.3) is 0 Å². The zero-order chi connectivity index (χ0) is 19.6. The molecule has 0 heterocycles. The van der Waals surface area contributed by atoms with E-state index in [9.17, 15) is 14.4 Å². The molecule has 0 atom stereocenters. The van der Waals surface area contributed by atoms with Gasteiger partial charge in [0.15, 0.2) is 12.4 Å². The molecular weight excluding hydrogens is 370 g/mol. The Morgan fingerprint density at radius 2 is 1.67 bits per heavy atom. The lowest BCUT2D eigenvalue weighted by molar-refractivity contribution is -0.124. The summed E-state index contributed by atoms with van der Waals surface area (Å²) in [5.74, 6) is -1.48. The Morgan fingerprint density at radius 3 is 2.33 bits per heavy atom. The third kappa shape index (κ3) is 6.20. The lowest BCUT2D eigenvalue weighted by atomic mass is 9.98. The molecular formula is C20H20ClNO5. The standard InChI is InChI=1S/C20H20ClNO5/c1-26-12-4-11-22-18(23)13-27-20(25)17-6-3-2-5-16(17)19(24)14-7-9-15(21)10-8-14/h2-3,5-10H,4,11-13H2,1H3,(H,22,23). The van der Waals surface area contributed by atoms with Gasteiger partial charge in [-0.25, -0.2) is 4.79 Å². The number of carbonyl (C=O) groups excluding carboxylic acids is 3. The fraction of sp³-hybridized carbons (Fsp3) is 0.250. The number of nitrogens with one attached hydrogen (secondary N) is 1. The molecule has 142 valence electrons. The van der Waals surface area contributed by atoms with Gasteiger partial charge in [-0.1, -0.05) is 29.8 Å². The number of ether oxygens (including phenoxy) is 2. The summed E-state index contributed by atoms with van der Waals surface area (Å²) in [4.78, 5) is 36.7. The molecule has 0 spiro atoms. The van der Waals surface area contributed by atoms with Gasteiger partial charge in [-0.15, -0.1) is 0 Å². The van der Waals surface area contributed by atoms with Gasteiger partial charge in [0.25, 0.3) is 5.91 Å². The summed E-state index contributed by atoms with van der Waals surface area (Å²) in [5, 5.41) is 3.13. The third-order valence-electron chi connectivity index (χ3n) is 3.68. The first-order valence-electron chi connectivity index (χ1n) is 8.35. The summed E-state index contributed by atoms with van der Waals surface area (Å²) in [5.41, 5.74) is 0.700. The van der Waals surface area contributed by atoms with E-state index in [0.29, 0.717) is 30.2 Å². The van der Waals surface area contributed by atoms with Crippen molar-refractivity contribution < 1.29 is 23.9 Å². The van der Waals surface area contributed by atoms with Crippen LogP contribution in [0.4, 0.5) is 0 Å². The minimum absolute atomic E-state index is 0.102. The first kappa shape index (κ1) is 20.6. The molecule has 7 heteroatoms. The highest BCUT2D eigenvalue weighted by molar-refractivity contribution is 6.30. The van der Waals surface area contributed by atoms with Gasteiger partial charge in [-0.3, -0.25) is 9.59 Å². The van der Waals surface area contributed by atoms with E-state index in [-0.39, 0.29) is 16.9 Å². The summed E-state index contributed by atoms with van der Waals surface area (Å²) < 4.78 is 9.92. The molecule has 0 unspecified atom stereocenters. The molecule has 0 aliphatic carbocycles. The Kier molecular flexibility index (Phi) is 7.98. The fourth-order valence-corrected chi connectivity index (χ4v) is 2.45. The van der Waals surface area contributed by atoms with Gasteiger partial charge in [0.1, 0.15) is 0 Å². The van der Waals surface area contributed by atoms with Crippen LogP contribution in [0.3, 0.4) is 0 Å². The molecule has 0 aliphatic heterocycles. The number of carbonyl (C=O) groups is 3. The monoisotopic (exact) mass is 389 g/mol. The second-order valence-corrected chi connectivity index (χ2v) is 6.09. The molecule has 0 aromatic heterocycles. The van der Waals surface area contributed by atoms with E-state index in [1.165, 1.54) is 6.07 Å². The van der Waals surface area contributed by atoms with E-state index in [1.807, 2.05) is 0 Å². The number of ketones is 1. The van der Waals surface area contributed by atoms with Crippen molar-refractivity contribution in [3.8, 4) is 0 Å². The molecule has 0 radical (unpaired) electrons. The molecule has 0 aliphatic rings. The predicted octanol–water partition coefficient (Wildman–Crippen LogP) is 2.88. The lowest BCUT2D eigenvalue weighted by Gasteiger charge is -2.09. The summed E-state index contributed by atoms with van der Waals surface area (Å²) in [6.45, 7) is 0.533. The van der Waals surface area contributed by atoms with Crippen LogP contribution < -0.4 is 5.32 Å².